The van der Waals surface area contributed by atoms with Gasteiger partial charge >= 0.3 is 0 Å². The van der Waals surface area contributed by atoms with E-state index in [-0.39, 0.29) is 29.8 Å². The van der Waals surface area contributed by atoms with Crippen LogP contribution in [-0.2, 0) is 24.1 Å². The third-order valence-corrected chi connectivity index (χ3v) is 6.97. The molecule has 3 unspecified atom stereocenters. The number of nitrogens with one attached hydrogen (secondary N) is 1. The number of carbonyl (C=O) groups is 1. The number of nitrogens with zero attached hydrogens (tertiary/aromatic N) is 5. The Hall–Kier alpha value is -2.75. The minimum Gasteiger partial charge on any atom is -0.378 e. The summed E-state index contributed by atoms with van der Waals surface area (Å²) < 4.78 is 7.37. The van der Waals surface area contributed by atoms with Crippen molar-refractivity contribution in [3.05, 3.63) is 46.4 Å². The first-order chi connectivity index (χ1) is 16.0. The molecular weight excluding hydrogens is 442 g/mol. The SMILES string of the molecule is CCn1cc(Cl)c2cc(C(=O)NC3CCc4nc(N5CC(N)C(OC)C5)ccc4C3)nnc21. The number of anilines is 1. The number of nitrogens with two attached hydrogens (primary N) is 1. The molecule has 33 heavy (non-hydrogen) atoms. The molecule has 3 N–H and O–H groups in total. The summed E-state index contributed by atoms with van der Waals surface area (Å²) in [6.07, 6.45) is 4.19. The van der Waals surface area contributed by atoms with Gasteiger partial charge in [-0.1, -0.05) is 17.7 Å². The predicted molar refractivity (Wildman–Crippen MR) is 127 cm³/mol. The second kappa shape index (κ2) is 8.89. The van der Waals surface area contributed by atoms with Gasteiger partial charge in [0.05, 0.1) is 17.2 Å². The molecule has 0 bridgehead atoms. The Bertz CT molecular complexity index is 1200. The minimum absolute atomic E-state index is 0.00911. The molecule has 3 aromatic rings. The Labute approximate surface area is 197 Å². The van der Waals surface area contributed by atoms with Crippen molar-refractivity contribution in [2.75, 3.05) is 25.1 Å². The highest BCUT2D eigenvalue weighted by Gasteiger charge is 2.31. The standard InChI is InChI=1S/C23H28ClN7O2/c1-3-30-10-16(24)15-9-19(28-29-22(15)30)23(32)26-14-5-6-18-13(8-14)4-7-21(27-18)31-11-17(25)20(12-31)33-2/h4,7,9-10,14,17,20H,3,5-6,8,11-12,25H2,1-2H3,(H,26,32). The summed E-state index contributed by atoms with van der Waals surface area (Å²) in [7, 11) is 1.70. The van der Waals surface area contributed by atoms with E-state index < -0.39 is 0 Å². The van der Waals surface area contributed by atoms with Crippen molar-refractivity contribution in [3.8, 4) is 0 Å². The number of rotatable bonds is 5. The van der Waals surface area contributed by atoms with Crippen molar-refractivity contribution in [1.29, 1.82) is 0 Å². The zero-order valence-corrected chi connectivity index (χ0v) is 19.5. The second-order valence-corrected chi connectivity index (χ2v) is 9.17. The molecule has 9 nitrogen and oxygen atoms in total. The number of aromatic nitrogens is 4. The van der Waals surface area contributed by atoms with E-state index in [1.807, 2.05) is 23.8 Å². The van der Waals surface area contributed by atoms with Crippen LogP contribution in [0.5, 0.6) is 0 Å². The van der Waals surface area contributed by atoms with Gasteiger partial charge in [-0.05, 0) is 43.9 Å². The Morgan fingerprint density at radius 2 is 2.18 bits per heavy atom. The summed E-state index contributed by atoms with van der Waals surface area (Å²) >= 11 is 6.32. The van der Waals surface area contributed by atoms with E-state index in [9.17, 15) is 4.79 Å². The summed E-state index contributed by atoms with van der Waals surface area (Å²) in [5.74, 6) is 0.699. The molecule has 174 valence electrons. The largest absolute Gasteiger partial charge is 0.378 e. The quantitative estimate of drug-likeness (QED) is 0.587. The number of methoxy groups -OCH3 is 1. The van der Waals surface area contributed by atoms with Crippen molar-refractivity contribution in [1.82, 2.24) is 25.1 Å². The molecule has 0 saturated carbocycles. The number of carbonyl (C=O) groups excluding carboxylic acids is 1. The smallest absolute Gasteiger partial charge is 0.272 e. The van der Waals surface area contributed by atoms with E-state index >= 15 is 0 Å². The first-order valence-electron chi connectivity index (χ1n) is 11.3. The molecule has 0 radical (unpaired) electrons. The highest BCUT2D eigenvalue weighted by atomic mass is 35.5. The van der Waals surface area contributed by atoms with Crippen LogP contribution in [0, 0.1) is 0 Å². The van der Waals surface area contributed by atoms with Gasteiger partial charge in [-0.2, -0.15) is 0 Å². The molecule has 1 aliphatic heterocycles. The second-order valence-electron chi connectivity index (χ2n) is 8.76. The number of hydrogen-bond donors (Lipinski definition) is 2. The Morgan fingerprint density at radius 3 is 2.94 bits per heavy atom. The average Bonchev–Trinajstić information content (AvgIpc) is 3.37. The van der Waals surface area contributed by atoms with E-state index in [1.54, 1.807) is 13.2 Å². The van der Waals surface area contributed by atoms with Gasteiger partial charge in [0.2, 0.25) is 0 Å². The number of ether oxygens (including phenoxy) is 1. The topological polar surface area (TPSA) is 111 Å². The first-order valence-corrected chi connectivity index (χ1v) is 11.7. The minimum atomic E-state index is -0.237. The summed E-state index contributed by atoms with van der Waals surface area (Å²) in [4.78, 5) is 19.9. The van der Waals surface area contributed by atoms with E-state index in [4.69, 9.17) is 27.1 Å². The van der Waals surface area contributed by atoms with Gasteiger partial charge in [0, 0.05) is 50.1 Å². The monoisotopic (exact) mass is 469 g/mol. The zero-order valence-electron chi connectivity index (χ0n) is 18.8. The number of halogens is 1. The summed E-state index contributed by atoms with van der Waals surface area (Å²) in [6, 6.07) is 5.87. The molecule has 1 amide bonds. The van der Waals surface area contributed by atoms with Gasteiger partial charge < -0.3 is 25.3 Å². The van der Waals surface area contributed by atoms with Crippen LogP contribution < -0.4 is 16.0 Å². The van der Waals surface area contributed by atoms with Crippen LogP contribution in [0.3, 0.4) is 0 Å². The van der Waals surface area contributed by atoms with Gasteiger partial charge in [0.25, 0.3) is 5.91 Å². The normalized spacial score (nSPS) is 22.5. The number of hydrogen-bond acceptors (Lipinski definition) is 7. The lowest BCUT2D eigenvalue weighted by molar-refractivity contribution is 0.0927. The lowest BCUT2D eigenvalue weighted by atomic mass is 9.91. The average molecular weight is 470 g/mol. The molecule has 1 saturated heterocycles. The molecule has 5 rings (SSSR count). The van der Waals surface area contributed by atoms with Crippen LogP contribution in [-0.4, -0.2) is 64.0 Å². The van der Waals surface area contributed by atoms with Crippen molar-refractivity contribution < 1.29 is 9.53 Å². The first kappa shape index (κ1) is 22.1. The maximum Gasteiger partial charge on any atom is 0.272 e. The van der Waals surface area contributed by atoms with Crippen molar-refractivity contribution in [2.24, 2.45) is 5.73 Å². The number of aryl methyl sites for hydroxylation is 2. The summed E-state index contributed by atoms with van der Waals surface area (Å²) in [5.41, 5.74) is 9.36. The van der Waals surface area contributed by atoms with E-state index in [2.05, 4.69) is 26.5 Å². The molecule has 4 heterocycles. The van der Waals surface area contributed by atoms with E-state index in [0.29, 0.717) is 10.7 Å². The van der Waals surface area contributed by atoms with Crippen LogP contribution in [0.1, 0.15) is 35.1 Å². The van der Waals surface area contributed by atoms with Crippen LogP contribution in [0.15, 0.2) is 24.4 Å². The molecule has 10 heteroatoms. The van der Waals surface area contributed by atoms with Crippen LogP contribution in [0.4, 0.5) is 5.82 Å². The zero-order chi connectivity index (χ0) is 23.1. The van der Waals surface area contributed by atoms with E-state index in [0.717, 1.165) is 61.4 Å². The fourth-order valence-electron chi connectivity index (χ4n) is 4.79. The summed E-state index contributed by atoms with van der Waals surface area (Å²) in [6.45, 7) is 4.23. The number of amides is 1. The fourth-order valence-corrected chi connectivity index (χ4v) is 5.04. The Balaban J connectivity index is 1.26. The Kier molecular flexibility index (Phi) is 5.94. The highest BCUT2D eigenvalue weighted by Crippen LogP contribution is 2.27. The maximum absolute atomic E-state index is 12.9. The van der Waals surface area contributed by atoms with Gasteiger partial charge in [-0.25, -0.2) is 4.98 Å². The molecular formula is C23H28ClN7O2. The molecule has 1 fully saturated rings. The van der Waals surface area contributed by atoms with Crippen molar-refractivity contribution >= 4 is 34.4 Å². The fraction of sp³-hybridized carbons (Fsp3) is 0.478. The molecule has 3 aromatic heterocycles. The Morgan fingerprint density at radius 1 is 1.33 bits per heavy atom. The molecule has 1 aliphatic carbocycles. The van der Waals surface area contributed by atoms with Crippen LogP contribution in [0.2, 0.25) is 5.02 Å². The molecule has 3 atom stereocenters. The lowest BCUT2D eigenvalue weighted by Crippen LogP contribution is -2.39. The highest BCUT2D eigenvalue weighted by molar-refractivity contribution is 6.35. The van der Waals surface area contributed by atoms with Gasteiger partial charge in [-0.15, -0.1) is 10.2 Å². The summed E-state index contributed by atoms with van der Waals surface area (Å²) in [5, 5.41) is 12.8. The van der Waals surface area contributed by atoms with Crippen LogP contribution >= 0.6 is 11.6 Å². The molecule has 2 aliphatic rings. The third-order valence-electron chi connectivity index (χ3n) is 6.67. The van der Waals surface area contributed by atoms with E-state index in [1.165, 1.54) is 0 Å². The lowest BCUT2D eigenvalue weighted by Gasteiger charge is -2.26. The van der Waals surface area contributed by atoms with Crippen molar-refractivity contribution in [2.45, 2.75) is 50.9 Å². The third kappa shape index (κ3) is 4.16. The van der Waals surface area contributed by atoms with Crippen molar-refractivity contribution in [3.63, 3.8) is 0 Å². The predicted octanol–water partition coefficient (Wildman–Crippen LogP) is 1.95. The molecule has 0 spiro atoms. The maximum atomic E-state index is 12.9. The number of pyridine rings is 1. The molecule has 0 aromatic carbocycles. The number of fused-ring (bicyclic) bond motifs is 2. The van der Waals surface area contributed by atoms with Gasteiger partial charge in [-0.3, -0.25) is 4.79 Å². The van der Waals surface area contributed by atoms with Gasteiger partial charge in [0.1, 0.15) is 5.82 Å². The van der Waals surface area contributed by atoms with Crippen LogP contribution in [0.25, 0.3) is 11.0 Å². The van der Waals surface area contributed by atoms with Gasteiger partial charge in [0.15, 0.2) is 11.3 Å².